The second-order valence-corrected chi connectivity index (χ2v) is 6.19. The fraction of sp³-hybridized carbons (Fsp3) is 1.00. The van der Waals surface area contributed by atoms with Gasteiger partial charge in [0.2, 0.25) is 0 Å². The summed E-state index contributed by atoms with van der Waals surface area (Å²) < 4.78 is 0. The van der Waals surface area contributed by atoms with Crippen LogP contribution in [0.25, 0.3) is 0 Å². The zero-order valence-corrected chi connectivity index (χ0v) is 11.6. The summed E-state index contributed by atoms with van der Waals surface area (Å²) in [6.07, 6.45) is 11.3. The van der Waals surface area contributed by atoms with Gasteiger partial charge in [-0.05, 0) is 43.6 Å². The highest BCUT2D eigenvalue weighted by Crippen LogP contribution is 2.42. The lowest BCUT2D eigenvalue weighted by Gasteiger charge is -2.31. The first-order valence-electron chi connectivity index (χ1n) is 7.39. The number of hydrogen-bond acceptors (Lipinski definition) is 1. The van der Waals surface area contributed by atoms with Crippen LogP contribution in [0.15, 0.2) is 0 Å². The Labute approximate surface area is 102 Å². The molecule has 1 heteroatoms. The Balaban J connectivity index is 2.22. The molecule has 0 aliphatic heterocycles. The molecule has 0 aromatic carbocycles. The third kappa shape index (κ3) is 4.86. The van der Waals surface area contributed by atoms with Crippen molar-refractivity contribution in [1.29, 1.82) is 0 Å². The number of nitrogens with one attached hydrogen (secondary N) is 1. The van der Waals surface area contributed by atoms with E-state index in [1.54, 1.807) is 0 Å². The van der Waals surface area contributed by atoms with Gasteiger partial charge in [0, 0.05) is 6.54 Å². The molecule has 1 saturated carbocycles. The van der Waals surface area contributed by atoms with Crippen LogP contribution in [0.5, 0.6) is 0 Å². The Morgan fingerprint density at radius 2 is 1.81 bits per heavy atom. The predicted octanol–water partition coefficient (Wildman–Crippen LogP) is 4.37. The Hall–Kier alpha value is -0.0400. The summed E-state index contributed by atoms with van der Waals surface area (Å²) in [4.78, 5) is 0. The van der Waals surface area contributed by atoms with Crippen LogP contribution in [0, 0.1) is 11.3 Å². The molecule has 0 heterocycles. The summed E-state index contributed by atoms with van der Waals surface area (Å²) in [6.45, 7) is 9.52. The molecule has 96 valence electrons. The first-order chi connectivity index (χ1) is 7.68. The van der Waals surface area contributed by atoms with Gasteiger partial charge in [0.05, 0.1) is 0 Å². The smallest absolute Gasteiger partial charge is 0.000790 e. The minimum atomic E-state index is 0.653. The molecule has 1 N–H and O–H groups in total. The summed E-state index contributed by atoms with van der Waals surface area (Å²) in [6, 6.07) is 0. The van der Waals surface area contributed by atoms with Crippen LogP contribution in [0.3, 0.4) is 0 Å². The molecule has 0 bridgehead atoms. The maximum Gasteiger partial charge on any atom is 0.000790 e. The second-order valence-electron chi connectivity index (χ2n) is 6.19. The van der Waals surface area contributed by atoms with Gasteiger partial charge >= 0.3 is 0 Å². The molecule has 1 rings (SSSR count). The highest BCUT2D eigenvalue weighted by atomic mass is 14.9. The monoisotopic (exact) mass is 225 g/mol. The lowest BCUT2D eigenvalue weighted by atomic mass is 9.78. The molecule has 1 fully saturated rings. The summed E-state index contributed by atoms with van der Waals surface area (Å²) >= 11 is 0. The zero-order chi connectivity index (χ0) is 11.9. The van der Waals surface area contributed by atoms with Crippen molar-refractivity contribution < 1.29 is 0 Å². The SMILES string of the molecule is CCCCCNCC1(CC(C)C)CCCC1. The second kappa shape index (κ2) is 7.32. The molecule has 1 aliphatic carbocycles. The highest BCUT2D eigenvalue weighted by molar-refractivity contribution is 4.87. The van der Waals surface area contributed by atoms with Gasteiger partial charge in [-0.1, -0.05) is 46.5 Å². The standard InChI is InChI=1S/C15H31N/c1-4-5-8-11-16-13-15(12-14(2)3)9-6-7-10-15/h14,16H,4-13H2,1-3H3. The van der Waals surface area contributed by atoms with Crippen molar-refractivity contribution in [3.05, 3.63) is 0 Å². The van der Waals surface area contributed by atoms with E-state index in [1.165, 1.54) is 64.5 Å². The summed E-state index contributed by atoms with van der Waals surface area (Å²) in [5, 5.41) is 3.71. The van der Waals surface area contributed by atoms with Crippen LogP contribution >= 0.6 is 0 Å². The Bertz CT molecular complexity index is 168. The number of rotatable bonds is 8. The molecule has 1 nitrogen and oxygen atoms in total. The lowest BCUT2D eigenvalue weighted by molar-refractivity contribution is 0.224. The quantitative estimate of drug-likeness (QED) is 0.605. The van der Waals surface area contributed by atoms with Crippen molar-refractivity contribution >= 4 is 0 Å². The van der Waals surface area contributed by atoms with Crippen molar-refractivity contribution in [2.75, 3.05) is 13.1 Å². The van der Waals surface area contributed by atoms with E-state index in [1.807, 2.05) is 0 Å². The van der Waals surface area contributed by atoms with Crippen molar-refractivity contribution in [1.82, 2.24) is 5.32 Å². The number of hydrogen-bond donors (Lipinski definition) is 1. The Morgan fingerprint density at radius 3 is 2.38 bits per heavy atom. The maximum atomic E-state index is 3.71. The molecule has 0 spiro atoms. The molecular formula is C15H31N. The van der Waals surface area contributed by atoms with Gasteiger partial charge in [-0.3, -0.25) is 0 Å². The van der Waals surface area contributed by atoms with E-state index < -0.39 is 0 Å². The van der Waals surface area contributed by atoms with Crippen LogP contribution in [0.1, 0.15) is 72.1 Å². The molecule has 0 radical (unpaired) electrons. The largest absolute Gasteiger partial charge is 0.316 e. The highest BCUT2D eigenvalue weighted by Gasteiger charge is 2.33. The van der Waals surface area contributed by atoms with E-state index in [4.69, 9.17) is 0 Å². The minimum absolute atomic E-state index is 0.653. The van der Waals surface area contributed by atoms with E-state index in [0.717, 1.165) is 5.92 Å². The summed E-state index contributed by atoms with van der Waals surface area (Å²) in [7, 11) is 0. The Morgan fingerprint density at radius 1 is 1.12 bits per heavy atom. The zero-order valence-electron chi connectivity index (χ0n) is 11.6. The van der Waals surface area contributed by atoms with E-state index >= 15 is 0 Å². The van der Waals surface area contributed by atoms with Gasteiger partial charge < -0.3 is 5.32 Å². The third-order valence-corrected chi connectivity index (χ3v) is 3.96. The van der Waals surface area contributed by atoms with E-state index in [2.05, 4.69) is 26.1 Å². The molecule has 16 heavy (non-hydrogen) atoms. The average Bonchev–Trinajstić information content (AvgIpc) is 2.65. The van der Waals surface area contributed by atoms with Crippen molar-refractivity contribution in [3.63, 3.8) is 0 Å². The van der Waals surface area contributed by atoms with Crippen LogP contribution < -0.4 is 5.32 Å². The summed E-state index contributed by atoms with van der Waals surface area (Å²) in [5.74, 6) is 0.857. The molecule has 1 aliphatic rings. The fourth-order valence-corrected chi connectivity index (χ4v) is 3.30. The molecule has 0 atom stereocenters. The number of unbranched alkanes of at least 4 members (excludes halogenated alkanes) is 2. The van der Waals surface area contributed by atoms with Gasteiger partial charge in [0.15, 0.2) is 0 Å². The Kier molecular flexibility index (Phi) is 6.41. The minimum Gasteiger partial charge on any atom is -0.316 e. The van der Waals surface area contributed by atoms with Crippen LogP contribution in [0.2, 0.25) is 0 Å². The first-order valence-corrected chi connectivity index (χ1v) is 7.39. The van der Waals surface area contributed by atoms with Crippen molar-refractivity contribution in [2.24, 2.45) is 11.3 Å². The van der Waals surface area contributed by atoms with Gasteiger partial charge in [0.25, 0.3) is 0 Å². The first kappa shape index (κ1) is 14.0. The third-order valence-electron chi connectivity index (χ3n) is 3.96. The predicted molar refractivity (Wildman–Crippen MR) is 72.8 cm³/mol. The molecule has 0 amide bonds. The van der Waals surface area contributed by atoms with Gasteiger partial charge in [-0.2, -0.15) is 0 Å². The van der Waals surface area contributed by atoms with Crippen molar-refractivity contribution in [3.8, 4) is 0 Å². The summed E-state index contributed by atoms with van der Waals surface area (Å²) in [5.41, 5.74) is 0.653. The molecule has 0 saturated heterocycles. The molecule has 0 aromatic rings. The van der Waals surface area contributed by atoms with Gasteiger partial charge in [-0.15, -0.1) is 0 Å². The fourth-order valence-electron chi connectivity index (χ4n) is 3.30. The average molecular weight is 225 g/mol. The van der Waals surface area contributed by atoms with Gasteiger partial charge in [-0.25, -0.2) is 0 Å². The molecule has 0 aromatic heterocycles. The van der Waals surface area contributed by atoms with E-state index in [-0.39, 0.29) is 0 Å². The topological polar surface area (TPSA) is 12.0 Å². The van der Waals surface area contributed by atoms with Crippen molar-refractivity contribution in [2.45, 2.75) is 72.1 Å². The molecule has 0 unspecified atom stereocenters. The van der Waals surface area contributed by atoms with Crippen LogP contribution in [-0.4, -0.2) is 13.1 Å². The van der Waals surface area contributed by atoms with Crippen LogP contribution in [-0.2, 0) is 0 Å². The van der Waals surface area contributed by atoms with E-state index in [9.17, 15) is 0 Å². The van der Waals surface area contributed by atoms with Crippen LogP contribution in [0.4, 0.5) is 0 Å². The normalized spacial score (nSPS) is 19.5. The molecular weight excluding hydrogens is 194 g/mol. The maximum absolute atomic E-state index is 3.71. The van der Waals surface area contributed by atoms with E-state index in [0.29, 0.717) is 5.41 Å². The lowest BCUT2D eigenvalue weighted by Crippen LogP contribution is -2.33. The van der Waals surface area contributed by atoms with Gasteiger partial charge in [0.1, 0.15) is 0 Å².